The van der Waals surface area contributed by atoms with Crippen molar-refractivity contribution < 1.29 is 9.53 Å². The van der Waals surface area contributed by atoms with E-state index in [-0.39, 0.29) is 0 Å². The summed E-state index contributed by atoms with van der Waals surface area (Å²) in [7, 11) is 0. The summed E-state index contributed by atoms with van der Waals surface area (Å²) in [6, 6.07) is 0. The molecule has 2 aromatic heterocycles. The Morgan fingerprint density at radius 3 is 3.00 bits per heavy atom. The summed E-state index contributed by atoms with van der Waals surface area (Å²) in [4.78, 5) is 19.8. The molecule has 0 aliphatic rings. The lowest BCUT2D eigenvalue weighted by Crippen LogP contribution is -2.11. The largest absolute Gasteiger partial charge is 0.462 e. The molecule has 0 fully saturated rings. The van der Waals surface area contributed by atoms with Gasteiger partial charge in [-0.25, -0.2) is 14.8 Å². The molecule has 0 amide bonds. The number of esters is 1. The van der Waals surface area contributed by atoms with E-state index in [1.165, 1.54) is 6.20 Å². The van der Waals surface area contributed by atoms with E-state index in [1.54, 1.807) is 13.8 Å². The Kier molecular flexibility index (Phi) is 3.96. The summed E-state index contributed by atoms with van der Waals surface area (Å²) in [6.07, 6.45) is 1.43. The van der Waals surface area contributed by atoms with Crippen molar-refractivity contribution in [3.63, 3.8) is 0 Å². The second kappa shape index (κ2) is 5.85. The Balaban J connectivity index is 2.04. The molecule has 0 spiro atoms. The molecule has 2 rings (SSSR count). The van der Waals surface area contributed by atoms with Crippen molar-refractivity contribution in [2.45, 2.75) is 20.4 Å². The first-order valence-electron chi connectivity index (χ1n) is 5.67. The maximum atomic E-state index is 11.6. The number of ether oxygens (including phenoxy) is 1. The van der Waals surface area contributed by atoms with Gasteiger partial charge < -0.3 is 10.1 Å². The predicted octanol–water partition coefficient (Wildman–Crippen LogP) is 0.0869. The van der Waals surface area contributed by atoms with Crippen molar-refractivity contribution in [2.75, 3.05) is 11.9 Å². The highest BCUT2D eigenvalue weighted by Crippen LogP contribution is 2.09. The molecule has 0 unspecified atom stereocenters. The van der Waals surface area contributed by atoms with Gasteiger partial charge in [0.25, 0.3) is 0 Å². The van der Waals surface area contributed by atoms with Crippen LogP contribution in [0.1, 0.15) is 28.8 Å². The molecule has 0 aliphatic carbocycles. The fourth-order valence-corrected chi connectivity index (χ4v) is 1.38. The van der Waals surface area contributed by atoms with Crippen molar-refractivity contribution in [1.82, 2.24) is 30.6 Å². The van der Waals surface area contributed by atoms with Gasteiger partial charge in [-0.05, 0) is 13.8 Å². The highest BCUT2D eigenvalue weighted by Gasteiger charge is 2.12. The van der Waals surface area contributed by atoms with Crippen molar-refractivity contribution in [2.24, 2.45) is 0 Å². The molecular weight excluding hydrogens is 250 g/mol. The number of aromatic nitrogens is 6. The molecule has 2 aromatic rings. The molecule has 0 bridgehead atoms. The van der Waals surface area contributed by atoms with E-state index < -0.39 is 5.97 Å². The second-order valence-corrected chi connectivity index (χ2v) is 3.59. The number of aryl methyl sites for hydroxylation is 1. The summed E-state index contributed by atoms with van der Waals surface area (Å²) in [5.41, 5.74) is 0.899. The maximum absolute atomic E-state index is 11.6. The number of anilines is 1. The molecule has 0 saturated carbocycles. The van der Waals surface area contributed by atoms with Crippen LogP contribution in [-0.2, 0) is 11.3 Å². The number of hydrogen-bond donors (Lipinski definition) is 2. The minimum Gasteiger partial charge on any atom is -0.462 e. The van der Waals surface area contributed by atoms with Gasteiger partial charge in [-0.3, -0.25) is 0 Å². The van der Waals surface area contributed by atoms with Crippen molar-refractivity contribution >= 4 is 11.9 Å². The molecule has 0 saturated heterocycles. The number of hydrogen-bond acceptors (Lipinski definition) is 8. The summed E-state index contributed by atoms with van der Waals surface area (Å²) in [6.45, 7) is 4.12. The van der Waals surface area contributed by atoms with Crippen LogP contribution in [0.3, 0.4) is 0 Å². The van der Waals surface area contributed by atoms with Gasteiger partial charge in [0, 0.05) is 6.20 Å². The number of H-pyrrole nitrogens is 1. The number of nitrogens with one attached hydrogen (secondary N) is 2. The molecule has 0 aliphatic heterocycles. The molecule has 2 N–H and O–H groups in total. The quantitative estimate of drug-likeness (QED) is 0.728. The monoisotopic (exact) mass is 263 g/mol. The fourth-order valence-electron chi connectivity index (χ4n) is 1.38. The average molecular weight is 263 g/mol. The zero-order valence-electron chi connectivity index (χ0n) is 10.5. The van der Waals surface area contributed by atoms with Crippen LogP contribution in [0.2, 0.25) is 0 Å². The fraction of sp³-hybridized carbons (Fsp3) is 0.400. The first-order valence-corrected chi connectivity index (χ1v) is 5.67. The number of rotatable bonds is 5. The molecule has 0 aromatic carbocycles. The number of carbonyl (C=O) groups excluding carboxylic acids is 1. The van der Waals surface area contributed by atoms with Crippen LogP contribution >= 0.6 is 0 Å². The van der Waals surface area contributed by atoms with E-state index >= 15 is 0 Å². The molecule has 100 valence electrons. The van der Waals surface area contributed by atoms with Crippen molar-refractivity contribution in [3.05, 3.63) is 23.3 Å². The molecule has 0 atom stereocenters. The third kappa shape index (κ3) is 3.21. The number of nitrogens with zero attached hydrogens (tertiary/aromatic N) is 5. The van der Waals surface area contributed by atoms with Crippen LogP contribution < -0.4 is 5.32 Å². The molecule has 19 heavy (non-hydrogen) atoms. The lowest BCUT2D eigenvalue weighted by Gasteiger charge is -2.06. The molecule has 9 heteroatoms. The van der Waals surface area contributed by atoms with E-state index in [0.717, 1.165) is 0 Å². The van der Waals surface area contributed by atoms with Gasteiger partial charge in [0.1, 0.15) is 0 Å². The summed E-state index contributed by atoms with van der Waals surface area (Å²) in [5.74, 6) is 0.454. The summed E-state index contributed by atoms with van der Waals surface area (Å²) < 4.78 is 4.90. The number of aromatic amines is 1. The van der Waals surface area contributed by atoms with Crippen LogP contribution in [0.4, 0.5) is 5.95 Å². The highest BCUT2D eigenvalue weighted by molar-refractivity contribution is 5.90. The van der Waals surface area contributed by atoms with Gasteiger partial charge in [0.2, 0.25) is 5.95 Å². The standard InChI is InChI=1S/C10H13N7O2/c1-3-19-9(18)7-4-11-10(13-6(7)2)12-5-8-14-16-17-15-8/h4H,3,5H2,1-2H3,(H,11,12,13)(H,14,15,16,17). The van der Waals surface area contributed by atoms with Gasteiger partial charge >= 0.3 is 5.97 Å². The SMILES string of the molecule is CCOC(=O)c1cnc(NCc2nn[nH]n2)nc1C. The van der Waals surface area contributed by atoms with Gasteiger partial charge in [0.05, 0.1) is 24.4 Å². The van der Waals surface area contributed by atoms with Crippen molar-refractivity contribution in [3.8, 4) is 0 Å². The topological polar surface area (TPSA) is 119 Å². The smallest absolute Gasteiger partial charge is 0.341 e. The van der Waals surface area contributed by atoms with E-state index in [1.807, 2.05) is 0 Å². The first-order chi connectivity index (χ1) is 9.20. The van der Waals surface area contributed by atoms with Crippen LogP contribution in [0.15, 0.2) is 6.20 Å². The summed E-state index contributed by atoms with van der Waals surface area (Å²) in [5, 5.41) is 16.3. The highest BCUT2D eigenvalue weighted by atomic mass is 16.5. The Hall–Kier alpha value is -2.58. The lowest BCUT2D eigenvalue weighted by atomic mass is 10.2. The Morgan fingerprint density at radius 1 is 1.53 bits per heavy atom. The minimum atomic E-state index is -0.426. The zero-order valence-corrected chi connectivity index (χ0v) is 10.5. The Bertz CT molecular complexity index is 555. The van der Waals surface area contributed by atoms with Gasteiger partial charge in [0.15, 0.2) is 5.82 Å². The third-order valence-electron chi connectivity index (χ3n) is 2.27. The second-order valence-electron chi connectivity index (χ2n) is 3.59. The summed E-state index contributed by atoms with van der Waals surface area (Å²) >= 11 is 0. The van der Waals surface area contributed by atoms with Gasteiger partial charge in [-0.1, -0.05) is 5.21 Å². The number of tetrazole rings is 1. The van der Waals surface area contributed by atoms with Gasteiger partial charge in [-0.15, -0.1) is 10.2 Å². The van der Waals surface area contributed by atoms with E-state index in [9.17, 15) is 4.79 Å². The molecular formula is C10H13N7O2. The number of carbonyl (C=O) groups is 1. The predicted molar refractivity (Wildman–Crippen MR) is 64.2 cm³/mol. The lowest BCUT2D eigenvalue weighted by molar-refractivity contribution is 0.0524. The zero-order chi connectivity index (χ0) is 13.7. The normalized spacial score (nSPS) is 10.2. The molecule has 2 heterocycles. The molecule has 0 radical (unpaired) electrons. The minimum absolute atomic E-state index is 0.316. The van der Waals surface area contributed by atoms with Gasteiger partial charge in [-0.2, -0.15) is 5.21 Å². The van der Waals surface area contributed by atoms with Crippen LogP contribution in [0.5, 0.6) is 0 Å². The van der Waals surface area contributed by atoms with Crippen LogP contribution in [-0.4, -0.2) is 43.2 Å². The van der Waals surface area contributed by atoms with E-state index in [2.05, 4.69) is 35.9 Å². The first kappa shape index (κ1) is 12.9. The average Bonchev–Trinajstić information content (AvgIpc) is 2.89. The van der Waals surface area contributed by atoms with Crippen LogP contribution in [0, 0.1) is 6.92 Å². The Morgan fingerprint density at radius 2 is 2.37 bits per heavy atom. The van der Waals surface area contributed by atoms with E-state index in [4.69, 9.17) is 4.74 Å². The van der Waals surface area contributed by atoms with Crippen molar-refractivity contribution in [1.29, 1.82) is 0 Å². The molecule has 9 nitrogen and oxygen atoms in total. The maximum Gasteiger partial charge on any atom is 0.341 e. The third-order valence-corrected chi connectivity index (χ3v) is 2.27. The van der Waals surface area contributed by atoms with Crippen LogP contribution in [0.25, 0.3) is 0 Å². The Labute approximate surface area is 108 Å². The van der Waals surface area contributed by atoms with E-state index in [0.29, 0.717) is 36.2 Å².